The molecule has 0 spiro atoms. The van der Waals surface area contributed by atoms with E-state index in [9.17, 15) is 14.4 Å². The van der Waals surface area contributed by atoms with Gasteiger partial charge in [-0.15, -0.1) is 0 Å². The quantitative estimate of drug-likeness (QED) is 0.702. The number of para-hydroxylation sites is 1. The van der Waals surface area contributed by atoms with E-state index in [1.807, 2.05) is 6.07 Å². The number of esters is 2. The molecule has 0 fully saturated rings. The maximum Gasteiger partial charge on any atom is 0.347 e. The molecule has 0 bridgehead atoms. The Bertz CT molecular complexity index is 834. The van der Waals surface area contributed by atoms with Crippen LogP contribution in [0.1, 0.15) is 29.3 Å². The minimum absolute atomic E-state index is 0.308. The summed E-state index contributed by atoms with van der Waals surface area (Å²) in [6, 6.07) is 13.7. The van der Waals surface area contributed by atoms with Crippen molar-refractivity contribution in [1.29, 1.82) is 0 Å². The number of methoxy groups -OCH3 is 1. The molecule has 2 aromatic carbocycles. The number of carbonyl (C=O) groups excluding carboxylic acids is 3. The van der Waals surface area contributed by atoms with E-state index < -0.39 is 30.6 Å². The summed E-state index contributed by atoms with van der Waals surface area (Å²) in [4.78, 5) is 36.0. The molecule has 7 nitrogen and oxygen atoms in total. The van der Waals surface area contributed by atoms with Gasteiger partial charge < -0.3 is 19.5 Å². The van der Waals surface area contributed by atoms with Gasteiger partial charge in [-0.1, -0.05) is 31.2 Å². The lowest BCUT2D eigenvalue weighted by Gasteiger charge is -2.16. The SMILES string of the molecule is CC[C@@H](Oc1ccccc1)C(=O)OCC(=O)Nc1cc(C(=O)OC)ccc1C. The van der Waals surface area contributed by atoms with Crippen LogP contribution in [0.4, 0.5) is 5.69 Å². The molecule has 0 aliphatic heterocycles. The van der Waals surface area contributed by atoms with Crippen LogP contribution in [-0.2, 0) is 19.1 Å². The molecule has 1 atom stereocenters. The van der Waals surface area contributed by atoms with Crippen molar-refractivity contribution in [2.75, 3.05) is 19.0 Å². The molecular weight excluding hydrogens is 362 g/mol. The number of hydrogen-bond donors (Lipinski definition) is 1. The molecule has 0 aromatic heterocycles. The van der Waals surface area contributed by atoms with E-state index in [1.54, 1.807) is 50.2 Å². The smallest absolute Gasteiger partial charge is 0.347 e. The van der Waals surface area contributed by atoms with E-state index in [2.05, 4.69) is 10.1 Å². The monoisotopic (exact) mass is 385 g/mol. The van der Waals surface area contributed by atoms with Crippen molar-refractivity contribution in [2.45, 2.75) is 26.4 Å². The van der Waals surface area contributed by atoms with E-state index in [-0.39, 0.29) is 0 Å². The summed E-state index contributed by atoms with van der Waals surface area (Å²) < 4.78 is 15.3. The highest BCUT2D eigenvalue weighted by Crippen LogP contribution is 2.18. The predicted molar refractivity (Wildman–Crippen MR) is 103 cm³/mol. The Labute approximate surface area is 163 Å². The van der Waals surface area contributed by atoms with Gasteiger partial charge in [0.05, 0.1) is 12.7 Å². The number of amides is 1. The van der Waals surface area contributed by atoms with Crippen molar-refractivity contribution in [3.8, 4) is 5.75 Å². The summed E-state index contributed by atoms with van der Waals surface area (Å²) in [5.74, 6) is -1.11. The van der Waals surface area contributed by atoms with Crippen LogP contribution in [0.15, 0.2) is 48.5 Å². The van der Waals surface area contributed by atoms with Crippen LogP contribution in [0.5, 0.6) is 5.75 Å². The standard InChI is InChI=1S/C21H23NO6/c1-4-18(28-16-8-6-5-7-9-16)21(25)27-13-19(23)22-17-12-15(20(24)26-3)11-10-14(17)2/h5-12,18H,4,13H2,1-3H3,(H,22,23)/t18-/m1/s1. The first kappa shape index (κ1) is 21.0. The number of anilines is 1. The van der Waals surface area contributed by atoms with E-state index >= 15 is 0 Å². The fourth-order valence-electron chi connectivity index (χ4n) is 2.38. The first-order chi connectivity index (χ1) is 13.4. The van der Waals surface area contributed by atoms with E-state index in [1.165, 1.54) is 13.2 Å². The van der Waals surface area contributed by atoms with Gasteiger partial charge in [0.1, 0.15) is 5.75 Å². The lowest BCUT2D eigenvalue weighted by Crippen LogP contribution is -2.31. The summed E-state index contributed by atoms with van der Waals surface area (Å²) in [7, 11) is 1.28. The number of carbonyl (C=O) groups is 3. The summed E-state index contributed by atoms with van der Waals surface area (Å²) >= 11 is 0. The first-order valence-corrected chi connectivity index (χ1v) is 8.81. The Morgan fingerprint density at radius 3 is 2.43 bits per heavy atom. The number of aryl methyl sites for hydroxylation is 1. The highest BCUT2D eigenvalue weighted by molar-refractivity contribution is 5.96. The summed E-state index contributed by atoms with van der Waals surface area (Å²) in [6.07, 6.45) is -0.407. The lowest BCUT2D eigenvalue weighted by molar-refractivity contribution is -0.154. The summed E-state index contributed by atoms with van der Waals surface area (Å²) in [6.45, 7) is 3.11. The van der Waals surface area contributed by atoms with Crippen molar-refractivity contribution in [3.05, 3.63) is 59.7 Å². The molecule has 0 saturated carbocycles. The molecule has 0 unspecified atom stereocenters. The zero-order valence-electron chi connectivity index (χ0n) is 16.1. The molecule has 0 saturated heterocycles. The molecule has 0 aliphatic rings. The van der Waals surface area contributed by atoms with Crippen molar-refractivity contribution >= 4 is 23.5 Å². The fraction of sp³-hybridized carbons (Fsp3) is 0.286. The fourth-order valence-corrected chi connectivity index (χ4v) is 2.38. The van der Waals surface area contributed by atoms with Crippen LogP contribution in [0.3, 0.4) is 0 Å². The van der Waals surface area contributed by atoms with Crippen molar-refractivity contribution in [2.24, 2.45) is 0 Å². The highest BCUT2D eigenvalue weighted by Gasteiger charge is 2.21. The lowest BCUT2D eigenvalue weighted by atomic mass is 10.1. The average Bonchev–Trinajstić information content (AvgIpc) is 2.72. The van der Waals surface area contributed by atoms with Crippen molar-refractivity contribution in [1.82, 2.24) is 0 Å². The second kappa shape index (κ2) is 10.1. The van der Waals surface area contributed by atoms with Crippen molar-refractivity contribution in [3.63, 3.8) is 0 Å². The Hall–Kier alpha value is -3.35. The topological polar surface area (TPSA) is 90.9 Å². The molecule has 7 heteroatoms. The number of hydrogen-bond acceptors (Lipinski definition) is 6. The number of nitrogens with one attached hydrogen (secondary N) is 1. The van der Waals surface area contributed by atoms with Crippen LogP contribution >= 0.6 is 0 Å². The molecule has 2 rings (SSSR count). The third kappa shape index (κ3) is 5.84. The third-order valence-corrected chi connectivity index (χ3v) is 3.93. The molecule has 0 radical (unpaired) electrons. The summed E-state index contributed by atoms with van der Waals surface area (Å²) in [5, 5.41) is 2.63. The van der Waals surface area contributed by atoms with Crippen molar-refractivity contribution < 1.29 is 28.6 Å². The average molecular weight is 385 g/mol. The van der Waals surface area contributed by atoms with Gasteiger partial charge in [-0.25, -0.2) is 9.59 Å². The van der Waals surface area contributed by atoms with Crippen LogP contribution in [0, 0.1) is 6.92 Å². The van der Waals surface area contributed by atoms with Gasteiger partial charge in [0, 0.05) is 5.69 Å². The molecule has 2 aromatic rings. The normalized spacial score (nSPS) is 11.2. The maximum absolute atomic E-state index is 12.2. The Kier molecular flexibility index (Phi) is 7.56. The largest absolute Gasteiger partial charge is 0.479 e. The minimum Gasteiger partial charge on any atom is -0.479 e. The molecule has 1 N–H and O–H groups in total. The second-order valence-corrected chi connectivity index (χ2v) is 6.00. The Morgan fingerprint density at radius 1 is 1.07 bits per heavy atom. The second-order valence-electron chi connectivity index (χ2n) is 6.00. The number of ether oxygens (including phenoxy) is 3. The Balaban J connectivity index is 1.92. The third-order valence-electron chi connectivity index (χ3n) is 3.93. The highest BCUT2D eigenvalue weighted by atomic mass is 16.6. The molecule has 0 aliphatic carbocycles. The van der Waals surface area contributed by atoms with Gasteiger partial charge >= 0.3 is 11.9 Å². The molecule has 1 amide bonds. The molecular formula is C21H23NO6. The van der Waals surface area contributed by atoms with E-state index in [4.69, 9.17) is 9.47 Å². The maximum atomic E-state index is 12.2. The first-order valence-electron chi connectivity index (χ1n) is 8.81. The van der Waals surface area contributed by atoms with Gasteiger partial charge in [-0.3, -0.25) is 4.79 Å². The van der Waals surface area contributed by atoms with Gasteiger partial charge in [-0.2, -0.15) is 0 Å². The van der Waals surface area contributed by atoms with E-state index in [0.29, 0.717) is 23.4 Å². The molecule has 0 heterocycles. The Morgan fingerprint density at radius 2 is 1.79 bits per heavy atom. The van der Waals surface area contributed by atoms with Gasteiger partial charge in [-0.05, 0) is 43.2 Å². The summed E-state index contributed by atoms with van der Waals surface area (Å²) in [5.41, 5.74) is 1.51. The van der Waals surface area contributed by atoms with Crippen LogP contribution in [0.25, 0.3) is 0 Å². The number of benzene rings is 2. The predicted octanol–water partition coefficient (Wildman–Crippen LogP) is 3.12. The van der Waals surface area contributed by atoms with Crippen LogP contribution in [0.2, 0.25) is 0 Å². The van der Waals surface area contributed by atoms with Crippen LogP contribution in [-0.4, -0.2) is 37.7 Å². The van der Waals surface area contributed by atoms with Crippen LogP contribution < -0.4 is 10.1 Å². The van der Waals surface area contributed by atoms with Gasteiger partial charge in [0.25, 0.3) is 5.91 Å². The zero-order chi connectivity index (χ0) is 20.5. The zero-order valence-corrected chi connectivity index (χ0v) is 16.1. The van der Waals surface area contributed by atoms with Gasteiger partial charge in [0.15, 0.2) is 12.7 Å². The number of rotatable bonds is 8. The minimum atomic E-state index is -0.806. The molecule has 28 heavy (non-hydrogen) atoms. The molecule has 148 valence electrons. The van der Waals surface area contributed by atoms with Gasteiger partial charge in [0.2, 0.25) is 0 Å². The van der Waals surface area contributed by atoms with E-state index in [0.717, 1.165) is 5.56 Å².